The smallest absolute Gasteiger partial charge is 0.177 e. The van der Waals surface area contributed by atoms with Crippen LogP contribution in [0.5, 0.6) is 0 Å². The molecule has 0 atom stereocenters. The van der Waals surface area contributed by atoms with Crippen molar-refractivity contribution < 1.29 is 13.2 Å². The third-order valence-corrected chi connectivity index (χ3v) is 3.07. The number of rotatable bonds is 0. The molecule has 0 aromatic heterocycles. The van der Waals surface area contributed by atoms with Gasteiger partial charge in [-0.2, -0.15) is 0 Å². The second-order valence-corrected chi connectivity index (χ2v) is 3.78. The number of hydrogen-bond acceptors (Lipinski definition) is 0. The van der Waals surface area contributed by atoms with E-state index in [9.17, 15) is 13.2 Å². The van der Waals surface area contributed by atoms with E-state index in [4.69, 9.17) is 0 Å². The third-order valence-electron chi connectivity index (χ3n) is 1.43. The quantitative estimate of drug-likeness (QED) is 0.503. The summed E-state index contributed by atoms with van der Waals surface area (Å²) in [6.07, 6.45) is 0. The molecule has 0 aliphatic heterocycles. The molecule has 0 nitrogen and oxygen atoms in total. The van der Waals surface area contributed by atoms with Crippen molar-refractivity contribution in [1.29, 1.82) is 0 Å². The van der Waals surface area contributed by atoms with E-state index < -0.39 is 21.9 Å². The maximum atomic E-state index is 12.9. The van der Waals surface area contributed by atoms with Crippen molar-refractivity contribution in [3.63, 3.8) is 0 Å². The van der Waals surface area contributed by atoms with Gasteiger partial charge in [0.05, 0.1) is 8.95 Å². The second kappa shape index (κ2) is 3.38. The van der Waals surface area contributed by atoms with Crippen LogP contribution in [0.2, 0.25) is 0 Å². The van der Waals surface area contributed by atoms with Crippen LogP contribution in [0, 0.1) is 24.4 Å². The fourth-order valence-electron chi connectivity index (χ4n) is 0.715. The van der Waals surface area contributed by atoms with Crippen molar-refractivity contribution in [2.24, 2.45) is 0 Å². The second-order valence-electron chi connectivity index (χ2n) is 2.19. The lowest BCUT2D eigenvalue weighted by molar-refractivity contribution is 0.480. The van der Waals surface area contributed by atoms with Crippen LogP contribution >= 0.6 is 31.9 Å². The molecule has 66 valence electrons. The highest BCUT2D eigenvalue weighted by atomic mass is 79.9. The summed E-state index contributed by atoms with van der Waals surface area (Å²) in [4.78, 5) is 0. The zero-order valence-electron chi connectivity index (χ0n) is 5.89. The van der Waals surface area contributed by atoms with E-state index in [1.807, 2.05) is 0 Å². The van der Waals surface area contributed by atoms with Gasteiger partial charge in [-0.25, -0.2) is 13.2 Å². The molecule has 0 radical (unpaired) electrons. The van der Waals surface area contributed by atoms with Gasteiger partial charge >= 0.3 is 0 Å². The molecular weight excluding hydrogens is 301 g/mol. The average Bonchev–Trinajstić information content (AvgIpc) is 2.08. The summed E-state index contributed by atoms with van der Waals surface area (Å²) < 4.78 is 37.9. The maximum absolute atomic E-state index is 12.9. The van der Waals surface area contributed by atoms with Crippen LogP contribution in [-0.4, -0.2) is 0 Å². The zero-order chi connectivity index (χ0) is 9.46. The molecule has 5 heteroatoms. The van der Waals surface area contributed by atoms with E-state index in [1.54, 1.807) is 0 Å². The Labute approximate surface area is 84.0 Å². The highest BCUT2D eigenvalue weighted by Gasteiger charge is 2.19. The molecule has 1 aromatic carbocycles. The van der Waals surface area contributed by atoms with Crippen molar-refractivity contribution in [3.8, 4) is 0 Å². The first-order valence-electron chi connectivity index (χ1n) is 2.94. The summed E-state index contributed by atoms with van der Waals surface area (Å²) in [7, 11) is 0. The summed E-state index contributed by atoms with van der Waals surface area (Å²) >= 11 is 5.34. The normalized spacial score (nSPS) is 10.5. The molecule has 0 unspecified atom stereocenters. The molecular formula is C7H3Br2F3. The van der Waals surface area contributed by atoms with Gasteiger partial charge in [-0.15, -0.1) is 0 Å². The van der Waals surface area contributed by atoms with E-state index in [-0.39, 0.29) is 10.0 Å². The molecule has 1 rings (SSSR count). The molecule has 0 amide bonds. The standard InChI is InChI=1S/C7H3Br2F3/c1-2-3(8)6(11)7(12)4(9)5(2)10/h1H3. The topological polar surface area (TPSA) is 0 Å². The van der Waals surface area contributed by atoms with Gasteiger partial charge in [0.2, 0.25) is 0 Å². The summed E-state index contributed by atoms with van der Waals surface area (Å²) in [6.45, 7) is 1.35. The van der Waals surface area contributed by atoms with Crippen LogP contribution < -0.4 is 0 Å². The summed E-state index contributed by atoms with van der Waals surface area (Å²) in [5, 5.41) is 0. The molecule has 0 spiro atoms. The minimum atomic E-state index is -1.22. The van der Waals surface area contributed by atoms with Crippen molar-refractivity contribution in [1.82, 2.24) is 0 Å². The van der Waals surface area contributed by atoms with Gasteiger partial charge < -0.3 is 0 Å². The molecule has 12 heavy (non-hydrogen) atoms. The predicted molar refractivity (Wildman–Crippen MR) is 46.5 cm³/mol. The Bertz CT molecular complexity index is 231. The largest absolute Gasteiger partial charge is 0.205 e. The van der Waals surface area contributed by atoms with E-state index >= 15 is 0 Å². The van der Waals surface area contributed by atoms with Gasteiger partial charge in [0.1, 0.15) is 5.82 Å². The number of benzene rings is 1. The van der Waals surface area contributed by atoms with E-state index in [1.165, 1.54) is 6.92 Å². The SMILES string of the molecule is Cc1c(F)c(Br)c(F)c(F)c1Br. The maximum Gasteiger partial charge on any atom is 0.177 e. The molecule has 0 saturated heterocycles. The molecule has 0 aliphatic rings. The molecule has 0 bridgehead atoms. The summed E-state index contributed by atoms with van der Waals surface area (Å²) in [5.74, 6) is -3.09. The van der Waals surface area contributed by atoms with Gasteiger partial charge in [-0.3, -0.25) is 0 Å². The Morgan fingerprint density at radius 2 is 1.25 bits per heavy atom. The van der Waals surface area contributed by atoms with Gasteiger partial charge in [-0.05, 0) is 38.8 Å². The Morgan fingerprint density at radius 1 is 0.833 bits per heavy atom. The van der Waals surface area contributed by atoms with Gasteiger partial charge in [-0.1, -0.05) is 0 Å². The monoisotopic (exact) mass is 302 g/mol. The van der Waals surface area contributed by atoms with Crippen molar-refractivity contribution in [2.75, 3.05) is 0 Å². The van der Waals surface area contributed by atoms with Crippen molar-refractivity contribution in [3.05, 3.63) is 32.0 Å². The minimum absolute atomic E-state index is 0.0424. The van der Waals surface area contributed by atoms with Crippen LogP contribution in [0.15, 0.2) is 8.95 Å². The lowest BCUT2D eigenvalue weighted by Gasteiger charge is -2.05. The van der Waals surface area contributed by atoms with E-state index in [0.717, 1.165) is 0 Å². The molecule has 0 N–H and O–H groups in total. The molecule has 0 heterocycles. The molecule has 0 fully saturated rings. The first kappa shape index (κ1) is 10.1. The summed E-state index contributed by atoms with van der Waals surface area (Å²) in [5.41, 5.74) is 0.0424. The van der Waals surface area contributed by atoms with Crippen molar-refractivity contribution in [2.45, 2.75) is 6.92 Å². The number of hydrogen-bond donors (Lipinski definition) is 0. The van der Waals surface area contributed by atoms with Crippen LogP contribution in [-0.2, 0) is 0 Å². The minimum Gasteiger partial charge on any atom is -0.205 e. The number of halogens is 5. The van der Waals surface area contributed by atoms with Gasteiger partial charge in [0, 0.05) is 5.56 Å². The Hall–Kier alpha value is -0.0300. The van der Waals surface area contributed by atoms with Crippen LogP contribution in [0.3, 0.4) is 0 Å². The van der Waals surface area contributed by atoms with Crippen LogP contribution in [0.1, 0.15) is 5.56 Å². The fraction of sp³-hybridized carbons (Fsp3) is 0.143. The lowest BCUT2D eigenvalue weighted by atomic mass is 10.2. The molecule has 0 saturated carbocycles. The first-order valence-corrected chi connectivity index (χ1v) is 4.53. The highest BCUT2D eigenvalue weighted by Crippen LogP contribution is 2.31. The highest BCUT2D eigenvalue weighted by molar-refractivity contribution is 9.11. The lowest BCUT2D eigenvalue weighted by Crippen LogP contribution is -1.96. The van der Waals surface area contributed by atoms with Crippen LogP contribution in [0.25, 0.3) is 0 Å². The van der Waals surface area contributed by atoms with Crippen molar-refractivity contribution >= 4 is 31.9 Å². The Morgan fingerprint density at radius 3 is 1.75 bits per heavy atom. The third kappa shape index (κ3) is 1.40. The van der Waals surface area contributed by atoms with E-state index in [2.05, 4.69) is 31.9 Å². The fourth-order valence-corrected chi connectivity index (χ4v) is 1.53. The molecule has 1 aromatic rings. The Kier molecular flexibility index (Phi) is 2.83. The summed E-state index contributed by atoms with van der Waals surface area (Å²) in [6, 6.07) is 0. The van der Waals surface area contributed by atoms with E-state index in [0.29, 0.717) is 0 Å². The molecule has 0 aliphatic carbocycles. The predicted octanol–water partition coefficient (Wildman–Crippen LogP) is 3.94. The van der Waals surface area contributed by atoms with Gasteiger partial charge in [0.25, 0.3) is 0 Å². The van der Waals surface area contributed by atoms with Crippen LogP contribution in [0.4, 0.5) is 13.2 Å². The Balaban J connectivity index is 3.60. The average molecular weight is 304 g/mol. The zero-order valence-corrected chi connectivity index (χ0v) is 9.06. The van der Waals surface area contributed by atoms with Gasteiger partial charge in [0.15, 0.2) is 11.6 Å². The first-order chi connectivity index (χ1) is 5.46.